The van der Waals surface area contributed by atoms with Gasteiger partial charge in [0.25, 0.3) is 0 Å². The lowest BCUT2D eigenvalue weighted by Crippen LogP contribution is -2.51. The zero-order valence-electron chi connectivity index (χ0n) is 11.9. The maximum absolute atomic E-state index is 11.1. The average Bonchev–Trinajstić information content (AvgIpc) is 2.28. The van der Waals surface area contributed by atoms with Gasteiger partial charge >= 0.3 is 0 Å². The van der Waals surface area contributed by atoms with Crippen molar-refractivity contribution in [3.63, 3.8) is 0 Å². The molecule has 18 heavy (non-hydrogen) atoms. The third-order valence-electron chi connectivity index (χ3n) is 4.59. The first kappa shape index (κ1) is 14.0. The fraction of sp³-hybridized carbons (Fsp3) is 0.625. The number of thioether (sulfide) groups is 1. The number of rotatable bonds is 2. The Morgan fingerprint density at radius 1 is 1.22 bits per heavy atom. The smallest absolute Gasteiger partial charge is 0.0828 e. The highest BCUT2D eigenvalue weighted by atomic mass is 32.2. The van der Waals surface area contributed by atoms with Gasteiger partial charge in [0, 0.05) is 12.2 Å². The van der Waals surface area contributed by atoms with Crippen molar-refractivity contribution in [2.45, 2.75) is 46.1 Å². The maximum atomic E-state index is 11.1. The van der Waals surface area contributed by atoms with Gasteiger partial charge in [0.15, 0.2) is 0 Å². The fourth-order valence-corrected chi connectivity index (χ4v) is 4.34. The molecule has 1 heterocycles. The molecular weight excluding hydrogens is 240 g/mol. The van der Waals surface area contributed by atoms with Crippen molar-refractivity contribution in [2.24, 2.45) is 5.41 Å². The predicted molar refractivity (Wildman–Crippen MR) is 80.3 cm³/mol. The van der Waals surface area contributed by atoms with Crippen molar-refractivity contribution >= 4 is 11.8 Å². The molecule has 1 fully saturated rings. The molecule has 1 aromatic carbocycles. The Morgan fingerprint density at radius 3 is 2.39 bits per heavy atom. The summed E-state index contributed by atoms with van der Waals surface area (Å²) in [4.78, 5) is 0. The van der Waals surface area contributed by atoms with E-state index in [-0.39, 0.29) is 5.41 Å². The summed E-state index contributed by atoms with van der Waals surface area (Å²) in [6.07, 6.45) is 1.88. The molecule has 1 unspecified atom stereocenters. The SMILES string of the molecule is Cc1cccc(C)c1CC1(O)CSCCC1(C)C. The molecule has 2 heteroatoms. The van der Waals surface area contributed by atoms with Crippen LogP contribution in [0.2, 0.25) is 0 Å². The van der Waals surface area contributed by atoms with Gasteiger partial charge < -0.3 is 5.11 Å². The Hall–Kier alpha value is -0.470. The van der Waals surface area contributed by atoms with Crippen molar-refractivity contribution in [3.8, 4) is 0 Å². The predicted octanol–water partition coefficient (Wildman–Crippen LogP) is 3.74. The molecule has 0 amide bonds. The van der Waals surface area contributed by atoms with Gasteiger partial charge in [-0.3, -0.25) is 0 Å². The minimum Gasteiger partial charge on any atom is -0.388 e. The van der Waals surface area contributed by atoms with E-state index in [9.17, 15) is 5.11 Å². The van der Waals surface area contributed by atoms with Gasteiger partial charge in [-0.25, -0.2) is 0 Å². The number of hydrogen-bond donors (Lipinski definition) is 1. The van der Waals surface area contributed by atoms with Crippen molar-refractivity contribution < 1.29 is 5.11 Å². The van der Waals surface area contributed by atoms with Crippen molar-refractivity contribution in [2.75, 3.05) is 11.5 Å². The summed E-state index contributed by atoms with van der Waals surface area (Å²) in [5, 5.41) is 11.1. The van der Waals surface area contributed by atoms with Crippen molar-refractivity contribution in [1.29, 1.82) is 0 Å². The third-order valence-corrected chi connectivity index (χ3v) is 5.76. The van der Waals surface area contributed by atoms with Crippen LogP contribution in [0.5, 0.6) is 0 Å². The highest BCUT2D eigenvalue weighted by molar-refractivity contribution is 7.99. The lowest BCUT2D eigenvalue weighted by atomic mass is 9.70. The van der Waals surface area contributed by atoms with E-state index in [0.29, 0.717) is 0 Å². The zero-order chi connectivity index (χ0) is 13.4. The van der Waals surface area contributed by atoms with Crippen molar-refractivity contribution in [1.82, 2.24) is 0 Å². The van der Waals surface area contributed by atoms with Gasteiger partial charge in [-0.2, -0.15) is 11.8 Å². The van der Waals surface area contributed by atoms with Crippen LogP contribution in [-0.2, 0) is 6.42 Å². The van der Waals surface area contributed by atoms with Crippen LogP contribution in [0.4, 0.5) is 0 Å². The Balaban J connectivity index is 2.32. The van der Waals surface area contributed by atoms with Gasteiger partial charge in [0.1, 0.15) is 0 Å². The molecule has 2 rings (SSSR count). The number of aliphatic hydroxyl groups is 1. The van der Waals surface area contributed by atoms with Crippen LogP contribution in [0.25, 0.3) is 0 Å². The van der Waals surface area contributed by atoms with Gasteiger partial charge in [-0.05, 0) is 48.1 Å². The Morgan fingerprint density at radius 2 is 1.83 bits per heavy atom. The molecule has 1 aromatic rings. The molecule has 0 aromatic heterocycles. The Bertz CT molecular complexity index is 418. The van der Waals surface area contributed by atoms with Gasteiger partial charge in [-0.15, -0.1) is 0 Å². The molecule has 0 saturated carbocycles. The summed E-state index contributed by atoms with van der Waals surface area (Å²) >= 11 is 1.89. The van der Waals surface area contributed by atoms with E-state index < -0.39 is 5.60 Å². The second-order valence-corrected chi connectivity index (χ2v) is 7.37. The quantitative estimate of drug-likeness (QED) is 0.878. The summed E-state index contributed by atoms with van der Waals surface area (Å²) < 4.78 is 0. The molecule has 1 aliphatic heterocycles. The summed E-state index contributed by atoms with van der Waals surface area (Å²) in [5.41, 5.74) is 3.36. The van der Waals surface area contributed by atoms with Crippen LogP contribution in [0.3, 0.4) is 0 Å². The standard InChI is InChI=1S/C16H24OS/c1-12-6-5-7-13(2)14(12)10-16(17)11-18-9-8-15(16,3)4/h5-7,17H,8-11H2,1-4H3. The van der Waals surface area contributed by atoms with Crippen LogP contribution < -0.4 is 0 Å². The van der Waals surface area contributed by atoms with Crippen LogP contribution >= 0.6 is 11.8 Å². The highest BCUT2D eigenvalue weighted by Gasteiger charge is 2.45. The van der Waals surface area contributed by atoms with E-state index in [1.54, 1.807) is 0 Å². The molecule has 100 valence electrons. The Labute approximate surface area is 115 Å². The van der Waals surface area contributed by atoms with Crippen LogP contribution in [0, 0.1) is 19.3 Å². The maximum Gasteiger partial charge on any atom is 0.0828 e. The van der Waals surface area contributed by atoms with E-state index in [1.807, 2.05) is 11.8 Å². The van der Waals surface area contributed by atoms with Crippen LogP contribution in [-0.4, -0.2) is 22.2 Å². The molecule has 1 atom stereocenters. The normalized spacial score (nSPS) is 27.2. The molecule has 1 N–H and O–H groups in total. The van der Waals surface area contributed by atoms with E-state index in [4.69, 9.17) is 0 Å². The second-order valence-electron chi connectivity index (χ2n) is 6.27. The summed E-state index contributed by atoms with van der Waals surface area (Å²) in [5.74, 6) is 2.02. The number of benzene rings is 1. The van der Waals surface area contributed by atoms with Gasteiger partial charge in [-0.1, -0.05) is 32.0 Å². The van der Waals surface area contributed by atoms with Crippen molar-refractivity contribution in [3.05, 3.63) is 34.9 Å². The van der Waals surface area contributed by atoms with E-state index in [1.165, 1.54) is 22.4 Å². The Kier molecular flexibility index (Phi) is 3.80. The van der Waals surface area contributed by atoms with E-state index in [2.05, 4.69) is 45.9 Å². The first-order chi connectivity index (χ1) is 8.36. The first-order valence-electron chi connectivity index (χ1n) is 6.71. The molecule has 0 bridgehead atoms. The number of hydrogen-bond acceptors (Lipinski definition) is 2. The highest BCUT2D eigenvalue weighted by Crippen LogP contribution is 2.44. The largest absolute Gasteiger partial charge is 0.388 e. The molecular formula is C16H24OS. The minimum atomic E-state index is -0.577. The molecule has 0 spiro atoms. The summed E-state index contributed by atoms with van der Waals surface area (Å²) in [7, 11) is 0. The molecule has 1 aliphatic rings. The second kappa shape index (κ2) is 4.90. The van der Waals surface area contributed by atoms with Crippen LogP contribution in [0.1, 0.15) is 37.0 Å². The molecule has 0 aliphatic carbocycles. The fourth-order valence-electron chi connectivity index (χ4n) is 2.71. The minimum absolute atomic E-state index is 0.00692. The van der Waals surface area contributed by atoms with Gasteiger partial charge in [0.05, 0.1) is 5.60 Å². The summed E-state index contributed by atoms with van der Waals surface area (Å²) in [6.45, 7) is 8.71. The topological polar surface area (TPSA) is 20.2 Å². The molecule has 0 radical (unpaired) electrons. The zero-order valence-corrected chi connectivity index (χ0v) is 12.7. The average molecular weight is 264 g/mol. The lowest BCUT2D eigenvalue weighted by molar-refractivity contribution is -0.0514. The molecule has 1 nitrogen and oxygen atoms in total. The third kappa shape index (κ3) is 2.46. The van der Waals surface area contributed by atoms with E-state index in [0.717, 1.165) is 18.6 Å². The monoisotopic (exact) mass is 264 g/mol. The van der Waals surface area contributed by atoms with Gasteiger partial charge in [0.2, 0.25) is 0 Å². The lowest BCUT2D eigenvalue weighted by Gasteiger charge is -2.46. The van der Waals surface area contributed by atoms with Crippen LogP contribution in [0.15, 0.2) is 18.2 Å². The van der Waals surface area contributed by atoms with E-state index >= 15 is 0 Å². The number of aryl methyl sites for hydroxylation is 2. The molecule has 1 saturated heterocycles. The summed E-state index contributed by atoms with van der Waals surface area (Å²) in [6, 6.07) is 6.39. The first-order valence-corrected chi connectivity index (χ1v) is 7.86.